The minimum absolute atomic E-state index is 0.0977. The quantitative estimate of drug-likeness (QED) is 0.763. The van der Waals surface area contributed by atoms with Crippen LogP contribution in [0.2, 0.25) is 0 Å². The molecule has 2 rings (SSSR count). The van der Waals surface area contributed by atoms with Crippen molar-refractivity contribution in [1.29, 1.82) is 0 Å². The van der Waals surface area contributed by atoms with Crippen molar-refractivity contribution in [2.45, 2.75) is 51.2 Å². The fourth-order valence-corrected chi connectivity index (χ4v) is 2.24. The second kappa shape index (κ2) is 6.49. The Morgan fingerprint density at radius 3 is 2.94 bits per heavy atom. The number of rotatable bonds is 6. The van der Waals surface area contributed by atoms with Crippen molar-refractivity contribution >= 4 is 5.91 Å². The van der Waals surface area contributed by atoms with E-state index in [-0.39, 0.29) is 11.9 Å². The molecule has 1 aliphatic carbocycles. The van der Waals surface area contributed by atoms with Gasteiger partial charge in [-0.2, -0.15) is 0 Å². The van der Waals surface area contributed by atoms with E-state index in [9.17, 15) is 4.79 Å². The zero-order chi connectivity index (χ0) is 12.8. The summed E-state index contributed by atoms with van der Waals surface area (Å²) < 4.78 is 1.74. The molecule has 100 valence electrons. The maximum atomic E-state index is 11.9. The SMILES string of the molecule is CC(NCCn1ccnn1)C(=O)NC1CCCC1. The molecule has 1 aliphatic rings. The summed E-state index contributed by atoms with van der Waals surface area (Å²) in [7, 11) is 0. The van der Waals surface area contributed by atoms with Crippen LogP contribution in [0, 0.1) is 0 Å². The molecular formula is C12H21N5O. The van der Waals surface area contributed by atoms with E-state index in [0.717, 1.165) is 19.4 Å². The molecular weight excluding hydrogens is 230 g/mol. The average molecular weight is 251 g/mol. The lowest BCUT2D eigenvalue weighted by Crippen LogP contribution is -2.46. The zero-order valence-electron chi connectivity index (χ0n) is 10.8. The number of carbonyl (C=O) groups is 1. The molecule has 1 aromatic heterocycles. The molecule has 0 bridgehead atoms. The van der Waals surface area contributed by atoms with Gasteiger partial charge in [-0.15, -0.1) is 5.10 Å². The summed E-state index contributed by atoms with van der Waals surface area (Å²) in [5.41, 5.74) is 0. The van der Waals surface area contributed by atoms with Gasteiger partial charge in [0.25, 0.3) is 0 Å². The van der Waals surface area contributed by atoms with Crippen LogP contribution in [0.4, 0.5) is 0 Å². The summed E-state index contributed by atoms with van der Waals surface area (Å²) in [5, 5.41) is 13.9. The van der Waals surface area contributed by atoms with Crippen molar-refractivity contribution in [3.05, 3.63) is 12.4 Å². The minimum Gasteiger partial charge on any atom is -0.352 e. The van der Waals surface area contributed by atoms with Crippen LogP contribution in [0.1, 0.15) is 32.6 Å². The maximum absolute atomic E-state index is 11.9. The molecule has 6 heteroatoms. The molecule has 1 amide bonds. The van der Waals surface area contributed by atoms with E-state index in [4.69, 9.17) is 0 Å². The fraction of sp³-hybridized carbons (Fsp3) is 0.750. The lowest BCUT2D eigenvalue weighted by Gasteiger charge is -2.17. The monoisotopic (exact) mass is 251 g/mol. The number of nitrogens with one attached hydrogen (secondary N) is 2. The van der Waals surface area contributed by atoms with Crippen molar-refractivity contribution in [3.8, 4) is 0 Å². The summed E-state index contributed by atoms with van der Waals surface area (Å²) in [6.07, 6.45) is 8.17. The van der Waals surface area contributed by atoms with Crippen LogP contribution < -0.4 is 10.6 Å². The third kappa shape index (κ3) is 3.80. The molecule has 1 heterocycles. The highest BCUT2D eigenvalue weighted by Gasteiger charge is 2.19. The number of carbonyl (C=O) groups excluding carboxylic acids is 1. The Balaban J connectivity index is 1.63. The molecule has 0 aromatic carbocycles. The van der Waals surface area contributed by atoms with Crippen LogP contribution in [0.15, 0.2) is 12.4 Å². The van der Waals surface area contributed by atoms with Gasteiger partial charge < -0.3 is 10.6 Å². The van der Waals surface area contributed by atoms with Gasteiger partial charge in [0.15, 0.2) is 0 Å². The molecule has 1 fully saturated rings. The van der Waals surface area contributed by atoms with E-state index in [2.05, 4.69) is 20.9 Å². The first-order valence-electron chi connectivity index (χ1n) is 6.63. The smallest absolute Gasteiger partial charge is 0.237 e. The van der Waals surface area contributed by atoms with Crippen molar-refractivity contribution < 1.29 is 4.79 Å². The molecule has 18 heavy (non-hydrogen) atoms. The fourth-order valence-electron chi connectivity index (χ4n) is 2.24. The highest BCUT2D eigenvalue weighted by molar-refractivity contribution is 5.81. The van der Waals surface area contributed by atoms with Crippen molar-refractivity contribution in [2.24, 2.45) is 0 Å². The van der Waals surface area contributed by atoms with Crippen LogP contribution in [0.3, 0.4) is 0 Å². The van der Waals surface area contributed by atoms with Gasteiger partial charge in [0.1, 0.15) is 0 Å². The Morgan fingerprint density at radius 2 is 2.28 bits per heavy atom. The Hall–Kier alpha value is -1.43. The average Bonchev–Trinajstić information content (AvgIpc) is 3.01. The highest BCUT2D eigenvalue weighted by Crippen LogP contribution is 2.17. The number of aromatic nitrogens is 3. The molecule has 2 N–H and O–H groups in total. The third-order valence-corrected chi connectivity index (χ3v) is 3.36. The molecule has 1 atom stereocenters. The Bertz CT molecular complexity index is 359. The Kier molecular flexibility index (Phi) is 4.69. The van der Waals surface area contributed by atoms with E-state index in [1.807, 2.05) is 13.1 Å². The van der Waals surface area contributed by atoms with Crippen LogP contribution in [0.5, 0.6) is 0 Å². The standard InChI is InChI=1S/C12H21N5O/c1-10(12(18)15-11-4-2-3-5-11)13-6-8-17-9-7-14-16-17/h7,9-11,13H,2-6,8H2,1H3,(H,15,18). The van der Waals surface area contributed by atoms with Gasteiger partial charge in [0.05, 0.1) is 18.8 Å². The normalized spacial score (nSPS) is 17.8. The topological polar surface area (TPSA) is 71.8 Å². The van der Waals surface area contributed by atoms with Gasteiger partial charge in [-0.1, -0.05) is 18.1 Å². The predicted molar refractivity (Wildman–Crippen MR) is 67.9 cm³/mol. The van der Waals surface area contributed by atoms with Gasteiger partial charge in [-0.05, 0) is 19.8 Å². The molecule has 0 aliphatic heterocycles. The summed E-state index contributed by atoms with van der Waals surface area (Å²) >= 11 is 0. The summed E-state index contributed by atoms with van der Waals surface area (Å²) in [6, 6.07) is 0.228. The second-order valence-electron chi connectivity index (χ2n) is 4.83. The van der Waals surface area contributed by atoms with E-state index in [1.165, 1.54) is 12.8 Å². The molecule has 0 saturated heterocycles. The third-order valence-electron chi connectivity index (χ3n) is 3.36. The molecule has 1 unspecified atom stereocenters. The lowest BCUT2D eigenvalue weighted by molar-refractivity contribution is -0.123. The van der Waals surface area contributed by atoms with Crippen LogP contribution in [-0.2, 0) is 11.3 Å². The lowest BCUT2D eigenvalue weighted by atomic mass is 10.2. The minimum atomic E-state index is -0.158. The van der Waals surface area contributed by atoms with Gasteiger partial charge in [-0.25, -0.2) is 0 Å². The Labute approximate surface area is 107 Å². The summed E-state index contributed by atoms with van der Waals surface area (Å²) in [5.74, 6) is 0.0977. The van der Waals surface area contributed by atoms with Gasteiger partial charge in [0.2, 0.25) is 5.91 Å². The number of hydrogen-bond acceptors (Lipinski definition) is 4. The Morgan fingerprint density at radius 1 is 1.50 bits per heavy atom. The zero-order valence-corrected chi connectivity index (χ0v) is 10.8. The van der Waals surface area contributed by atoms with E-state index in [0.29, 0.717) is 12.6 Å². The van der Waals surface area contributed by atoms with Crippen molar-refractivity contribution in [3.63, 3.8) is 0 Å². The van der Waals surface area contributed by atoms with Crippen LogP contribution >= 0.6 is 0 Å². The second-order valence-corrected chi connectivity index (χ2v) is 4.83. The number of nitrogens with zero attached hydrogens (tertiary/aromatic N) is 3. The van der Waals surface area contributed by atoms with Gasteiger partial charge in [0, 0.05) is 18.8 Å². The summed E-state index contributed by atoms with van der Waals surface area (Å²) in [4.78, 5) is 11.9. The van der Waals surface area contributed by atoms with Crippen LogP contribution in [0.25, 0.3) is 0 Å². The van der Waals surface area contributed by atoms with Crippen molar-refractivity contribution in [1.82, 2.24) is 25.6 Å². The first kappa shape index (κ1) is 13.0. The first-order chi connectivity index (χ1) is 8.75. The predicted octanol–water partition coefficient (Wildman–Crippen LogP) is 0.315. The largest absolute Gasteiger partial charge is 0.352 e. The van der Waals surface area contributed by atoms with E-state index < -0.39 is 0 Å². The highest BCUT2D eigenvalue weighted by atomic mass is 16.2. The first-order valence-corrected chi connectivity index (χ1v) is 6.63. The maximum Gasteiger partial charge on any atom is 0.237 e. The van der Waals surface area contributed by atoms with Crippen molar-refractivity contribution in [2.75, 3.05) is 6.54 Å². The summed E-state index contributed by atoms with van der Waals surface area (Å²) in [6.45, 7) is 3.33. The van der Waals surface area contributed by atoms with Crippen LogP contribution in [-0.4, -0.2) is 39.5 Å². The molecule has 1 saturated carbocycles. The molecule has 0 radical (unpaired) electrons. The molecule has 0 spiro atoms. The number of hydrogen-bond donors (Lipinski definition) is 2. The molecule has 6 nitrogen and oxygen atoms in total. The van der Waals surface area contributed by atoms with E-state index >= 15 is 0 Å². The molecule has 1 aromatic rings. The van der Waals surface area contributed by atoms with E-state index in [1.54, 1.807) is 10.9 Å². The van der Waals surface area contributed by atoms with Gasteiger partial charge >= 0.3 is 0 Å². The van der Waals surface area contributed by atoms with Gasteiger partial charge in [-0.3, -0.25) is 9.48 Å². The number of amides is 1.